The van der Waals surface area contributed by atoms with Crippen molar-refractivity contribution in [2.45, 2.75) is 41.0 Å². The maximum Gasteiger partial charge on any atom is 0.143 e. The number of ketones is 1. The average molecular weight is 214 g/mol. The predicted molar refractivity (Wildman–Crippen MR) is 66.7 cm³/mol. The lowest BCUT2D eigenvalue weighted by molar-refractivity contribution is -0.125. The van der Waals surface area contributed by atoms with Gasteiger partial charge in [0.2, 0.25) is 0 Å². The van der Waals surface area contributed by atoms with Gasteiger partial charge in [0.1, 0.15) is 5.78 Å². The fraction of sp³-hybridized carbons (Fsp3) is 0.833. The summed E-state index contributed by atoms with van der Waals surface area (Å²) in [5.74, 6) is 0.139. The maximum atomic E-state index is 11.1. The van der Waals surface area contributed by atoms with Crippen LogP contribution in [0.4, 0.5) is 0 Å². The minimum Gasteiger partial charge on any atom is -0.310 e. The summed E-state index contributed by atoms with van der Waals surface area (Å²) in [5, 5.41) is 7.08. The molecular weight excluding hydrogens is 188 g/mol. The first kappa shape index (κ1) is 16.7. The van der Waals surface area contributed by atoms with Gasteiger partial charge in [-0.1, -0.05) is 27.7 Å². The highest BCUT2D eigenvalue weighted by Crippen LogP contribution is 2.16. The summed E-state index contributed by atoms with van der Waals surface area (Å²) >= 11 is 0. The zero-order chi connectivity index (χ0) is 12.6. The van der Waals surface area contributed by atoms with Crippen molar-refractivity contribution in [3.05, 3.63) is 0 Å². The minimum atomic E-state index is -0.289. The monoisotopic (exact) mass is 214 g/mol. The fourth-order valence-electron chi connectivity index (χ4n) is 0.506. The second-order valence-corrected chi connectivity index (χ2v) is 5.03. The van der Waals surface area contributed by atoms with E-state index in [2.05, 4.69) is 25.9 Å². The van der Waals surface area contributed by atoms with E-state index in [0.717, 1.165) is 6.54 Å². The number of hydrogen-bond donors (Lipinski definition) is 1. The lowest BCUT2D eigenvalue weighted by Crippen LogP contribution is -2.21. The molecule has 0 aliphatic heterocycles. The summed E-state index contributed by atoms with van der Waals surface area (Å²) in [7, 11) is 4.11. The summed E-state index contributed by atoms with van der Waals surface area (Å²) in [6.45, 7) is 10.5. The van der Waals surface area contributed by atoms with Crippen LogP contribution in [0.2, 0.25) is 0 Å². The number of nitrogens with one attached hydrogen (secondary N) is 1. The van der Waals surface area contributed by atoms with Gasteiger partial charge in [-0.3, -0.25) is 4.79 Å². The summed E-state index contributed by atoms with van der Waals surface area (Å²) in [4.78, 5) is 13.3. The molecule has 15 heavy (non-hydrogen) atoms. The molecule has 0 saturated carbocycles. The molecule has 0 radical (unpaired) electrons. The van der Waals surface area contributed by atoms with Crippen molar-refractivity contribution in [2.24, 2.45) is 5.41 Å². The molecule has 0 unspecified atom stereocenters. The van der Waals surface area contributed by atoms with Crippen LogP contribution in [-0.4, -0.2) is 37.0 Å². The zero-order valence-electron chi connectivity index (χ0n) is 11.3. The molecule has 0 aromatic rings. The van der Waals surface area contributed by atoms with Crippen molar-refractivity contribution in [3.8, 4) is 0 Å². The molecule has 0 saturated heterocycles. The Morgan fingerprint density at radius 3 is 1.67 bits per heavy atom. The number of carbonyl (C=O) groups excluding carboxylic acids is 1. The summed E-state index contributed by atoms with van der Waals surface area (Å²) in [6.07, 6.45) is 0.295. The molecule has 0 rings (SSSR count). The summed E-state index contributed by atoms with van der Waals surface area (Å²) < 4.78 is 0. The molecule has 0 aliphatic rings. The van der Waals surface area contributed by atoms with Crippen LogP contribution in [-0.2, 0) is 4.79 Å². The molecule has 3 heteroatoms. The van der Waals surface area contributed by atoms with E-state index < -0.39 is 0 Å². The first-order chi connectivity index (χ1) is 6.61. The number of hydrogen-bond acceptors (Lipinski definition) is 3. The van der Waals surface area contributed by atoms with Gasteiger partial charge in [-0.15, -0.1) is 0 Å². The topological polar surface area (TPSA) is 44.2 Å². The van der Waals surface area contributed by atoms with Gasteiger partial charge in [-0.05, 0) is 27.6 Å². The van der Waals surface area contributed by atoms with E-state index in [9.17, 15) is 4.79 Å². The Labute approximate surface area is 94.4 Å². The van der Waals surface area contributed by atoms with Gasteiger partial charge < -0.3 is 10.3 Å². The number of nitrogens with zero attached hydrogens (tertiary/aromatic N) is 1. The first-order valence-corrected chi connectivity index (χ1v) is 5.33. The minimum absolute atomic E-state index is 0.139. The molecule has 3 nitrogen and oxygen atoms in total. The molecule has 1 N–H and O–H groups in total. The van der Waals surface area contributed by atoms with Crippen molar-refractivity contribution in [1.29, 1.82) is 5.41 Å². The maximum absolute atomic E-state index is 11.1. The Morgan fingerprint density at radius 2 is 1.60 bits per heavy atom. The standard InChI is InChI=1S/C8H15NO.C4H11N/c1-6(9)5-7(10)8(2,3)4;1-4-5(2)3/h9H,5H2,1-4H3;4H2,1-3H3. The molecule has 90 valence electrons. The highest BCUT2D eigenvalue weighted by atomic mass is 16.1. The summed E-state index contributed by atoms with van der Waals surface area (Å²) in [6, 6.07) is 0. The second kappa shape index (κ2) is 7.57. The summed E-state index contributed by atoms with van der Waals surface area (Å²) in [5.41, 5.74) is 0.155. The van der Waals surface area contributed by atoms with Crippen molar-refractivity contribution >= 4 is 11.5 Å². The van der Waals surface area contributed by atoms with Gasteiger partial charge in [0.25, 0.3) is 0 Å². The van der Waals surface area contributed by atoms with Crippen LogP contribution in [0.5, 0.6) is 0 Å². The SMILES string of the molecule is CC(=N)CC(=O)C(C)(C)C.CCN(C)C. The van der Waals surface area contributed by atoms with Gasteiger partial charge in [0.05, 0.1) is 0 Å². The van der Waals surface area contributed by atoms with Crippen molar-refractivity contribution in [1.82, 2.24) is 4.90 Å². The van der Waals surface area contributed by atoms with E-state index in [0.29, 0.717) is 12.1 Å². The molecule has 0 aliphatic carbocycles. The second-order valence-electron chi connectivity index (χ2n) is 5.03. The molecule has 0 aromatic carbocycles. The Hall–Kier alpha value is -0.700. The number of carbonyl (C=O) groups is 1. The normalized spacial score (nSPS) is 10.7. The molecule has 0 amide bonds. The molecule has 0 spiro atoms. The molecule has 0 fully saturated rings. The van der Waals surface area contributed by atoms with Crippen LogP contribution in [0, 0.1) is 10.8 Å². The largest absolute Gasteiger partial charge is 0.310 e. The lowest BCUT2D eigenvalue weighted by atomic mass is 9.88. The Bertz CT molecular complexity index is 202. The van der Waals surface area contributed by atoms with E-state index in [1.165, 1.54) is 0 Å². The van der Waals surface area contributed by atoms with Crippen molar-refractivity contribution in [2.75, 3.05) is 20.6 Å². The van der Waals surface area contributed by atoms with E-state index in [4.69, 9.17) is 5.41 Å². The third-order valence-corrected chi connectivity index (χ3v) is 1.89. The van der Waals surface area contributed by atoms with Gasteiger partial charge in [0.15, 0.2) is 0 Å². The van der Waals surface area contributed by atoms with Gasteiger partial charge in [-0.25, -0.2) is 0 Å². The molecule has 0 heterocycles. The predicted octanol–water partition coefficient (Wildman–Crippen LogP) is 2.60. The smallest absolute Gasteiger partial charge is 0.143 e. The van der Waals surface area contributed by atoms with Crippen LogP contribution >= 0.6 is 0 Å². The quantitative estimate of drug-likeness (QED) is 0.734. The van der Waals surface area contributed by atoms with Crippen LogP contribution in [0.25, 0.3) is 0 Å². The number of rotatable bonds is 3. The van der Waals surface area contributed by atoms with E-state index in [1.54, 1.807) is 6.92 Å². The van der Waals surface area contributed by atoms with E-state index in [-0.39, 0.29) is 11.2 Å². The van der Waals surface area contributed by atoms with E-state index in [1.807, 2.05) is 20.8 Å². The van der Waals surface area contributed by atoms with Gasteiger partial charge >= 0.3 is 0 Å². The third-order valence-electron chi connectivity index (χ3n) is 1.89. The van der Waals surface area contributed by atoms with Crippen molar-refractivity contribution < 1.29 is 4.79 Å². The number of Topliss-reactive ketones (excluding diaryl/α,β-unsaturated/α-hetero) is 1. The van der Waals surface area contributed by atoms with Crippen LogP contribution < -0.4 is 0 Å². The Morgan fingerprint density at radius 1 is 1.27 bits per heavy atom. The Kier molecular flexibility index (Phi) is 8.44. The highest BCUT2D eigenvalue weighted by molar-refractivity contribution is 6.01. The van der Waals surface area contributed by atoms with Crippen LogP contribution in [0.3, 0.4) is 0 Å². The fourth-order valence-corrected chi connectivity index (χ4v) is 0.506. The van der Waals surface area contributed by atoms with Crippen LogP contribution in [0.15, 0.2) is 0 Å². The van der Waals surface area contributed by atoms with Crippen molar-refractivity contribution in [3.63, 3.8) is 0 Å². The molecule has 0 atom stereocenters. The molecular formula is C12H26N2O. The molecule has 0 bridgehead atoms. The van der Waals surface area contributed by atoms with Crippen LogP contribution in [0.1, 0.15) is 41.0 Å². The van der Waals surface area contributed by atoms with E-state index >= 15 is 0 Å². The zero-order valence-corrected chi connectivity index (χ0v) is 11.3. The average Bonchev–Trinajstić information content (AvgIpc) is 2.02. The lowest BCUT2D eigenvalue weighted by Gasteiger charge is -2.15. The van der Waals surface area contributed by atoms with Gasteiger partial charge in [0, 0.05) is 17.5 Å². The highest BCUT2D eigenvalue weighted by Gasteiger charge is 2.20. The first-order valence-electron chi connectivity index (χ1n) is 5.33. The van der Waals surface area contributed by atoms with Gasteiger partial charge in [-0.2, -0.15) is 0 Å². The molecule has 0 aromatic heterocycles. The Balaban J connectivity index is 0. The third kappa shape index (κ3) is 13.3.